The second-order valence-corrected chi connectivity index (χ2v) is 6.03. The third kappa shape index (κ3) is 3.14. The van der Waals surface area contributed by atoms with Crippen LogP contribution >= 0.6 is 0 Å². The van der Waals surface area contributed by atoms with E-state index in [0.29, 0.717) is 11.3 Å². The number of nitrogens with one attached hydrogen (secondary N) is 1. The van der Waals surface area contributed by atoms with Crippen LogP contribution in [0, 0.1) is 35.7 Å². The Labute approximate surface area is 122 Å². The summed E-state index contributed by atoms with van der Waals surface area (Å²) in [6.07, 6.45) is 0.740. The molecule has 108 valence electrons. The Bertz CT molecular complexity index is 512. The maximum atomic E-state index is 9.43. The van der Waals surface area contributed by atoms with E-state index in [-0.39, 0.29) is 23.8 Å². The third-order valence-corrected chi connectivity index (χ3v) is 3.76. The molecule has 0 radical (unpaired) electrons. The molecule has 0 bridgehead atoms. The number of allylic oxidation sites excluding steroid dienone is 3. The standard InChI is InChI=1S/C16H24N4/c1-9(2)14(18)12(8-17)13-7-11(5)16(19-6)15(20-13)10(3)4/h9-11,13,20H,7,18H2,1-5H3/b14-12-. The van der Waals surface area contributed by atoms with Crippen molar-refractivity contribution in [3.05, 3.63) is 34.1 Å². The van der Waals surface area contributed by atoms with Crippen LogP contribution in [0.5, 0.6) is 0 Å². The fourth-order valence-corrected chi connectivity index (χ4v) is 2.53. The summed E-state index contributed by atoms with van der Waals surface area (Å²) in [6.45, 7) is 17.5. The van der Waals surface area contributed by atoms with Crippen molar-refractivity contribution in [2.75, 3.05) is 0 Å². The number of hydrogen-bond acceptors (Lipinski definition) is 3. The topological polar surface area (TPSA) is 66.2 Å². The molecule has 3 N–H and O–H groups in total. The maximum Gasteiger partial charge on any atom is 0.186 e. The smallest absolute Gasteiger partial charge is 0.186 e. The van der Waals surface area contributed by atoms with Gasteiger partial charge in [0.25, 0.3) is 0 Å². The zero-order chi connectivity index (χ0) is 15.4. The average molecular weight is 272 g/mol. The van der Waals surface area contributed by atoms with Gasteiger partial charge in [-0.25, -0.2) is 4.85 Å². The van der Waals surface area contributed by atoms with Crippen LogP contribution in [-0.2, 0) is 0 Å². The molecule has 2 unspecified atom stereocenters. The Morgan fingerprint density at radius 1 is 1.45 bits per heavy atom. The van der Waals surface area contributed by atoms with Gasteiger partial charge in [0, 0.05) is 11.4 Å². The Kier molecular flexibility index (Phi) is 5.22. The molecule has 0 spiro atoms. The summed E-state index contributed by atoms with van der Waals surface area (Å²) in [5.74, 6) is 0.541. The molecule has 20 heavy (non-hydrogen) atoms. The second kappa shape index (κ2) is 6.48. The first-order chi connectivity index (χ1) is 9.33. The molecule has 0 amide bonds. The number of nitrogens with two attached hydrogens (primary N) is 1. The van der Waals surface area contributed by atoms with E-state index < -0.39 is 0 Å². The van der Waals surface area contributed by atoms with Crippen molar-refractivity contribution in [3.63, 3.8) is 0 Å². The predicted molar refractivity (Wildman–Crippen MR) is 80.8 cm³/mol. The average Bonchev–Trinajstić information content (AvgIpc) is 2.38. The van der Waals surface area contributed by atoms with Crippen LogP contribution in [0.2, 0.25) is 0 Å². The molecule has 0 saturated carbocycles. The van der Waals surface area contributed by atoms with Gasteiger partial charge in [0.2, 0.25) is 0 Å². The van der Waals surface area contributed by atoms with Crippen molar-refractivity contribution in [2.45, 2.75) is 47.1 Å². The number of hydrogen-bond donors (Lipinski definition) is 2. The van der Waals surface area contributed by atoms with E-state index in [4.69, 9.17) is 12.3 Å². The summed E-state index contributed by atoms with van der Waals surface area (Å²) >= 11 is 0. The van der Waals surface area contributed by atoms with Crippen LogP contribution in [0.4, 0.5) is 0 Å². The van der Waals surface area contributed by atoms with Crippen LogP contribution < -0.4 is 11.1 Å². The Balaban J connectivity index is 3.22. The fraction of sp³-hybridized carbons (Fsp3) is 0.625. The molecule has 0 aliphatic carbocycles. The highest BCUT2D eigenvalue weighted by molar-refractivity contribution is 5.37. The lowest BCUT2D eigenvalue weighted by Crippen LogP contribution is -2.40. The molecule has 4 nitrogen and oxygen atoms in total. The van der Waals surface area contributed by atoms with Gasteiger partial charge in [-0.3, -0.25) is 0 Å². The number of nitriles is 1. The molecule has 1 aliphatic heterocycles. The number of nitrogens with zero attached hydrogens (tertiary/aromatic N) is 2. The van der Waals surface area contributed by atoms with Gasteiger partial charge in [0.1, 0.15) is 0 Å². The summed E-state index contributed by atoms with van der Waals surface area (Å²) < 4.78 is 0. The minimum absolute atomic E-state index is 0.0831. The lowest BCUT2D eigenvalue weighted by Gasteiger charge is -2.33. The maximum absolute atomic E-state index is 9.43. The van der Waals surface area contributed by atoms with Crippen molar-refractivity contribution in [2.24, 2.45) is 23.5 Å². The van der Waals surface area contributed by atoms with Crippen LogP contribution in [0.1, 0.15) is 41.0 Å². The summed E-state index contributed by atoms with van der Waals surface area (Å²) in [5, 5.41) is 12.8. The first-order valence-electron chi connectivity index (χ1n) is 7.11. The van der Waals surface area contributed by atoms with E-state index in [1.165, 1.54) is 0 Å². The van der Waals surface area contributed by atoms with Gasteiger partial charge in [0.15, 0.2) is 5.70 Å². The zero-order valence-corrected chi connectivity index (χ0v) is 13.0. The van der Waals surface area contributed by atoms with Gasteiger partial charge in [-0.05, 0) is 24.2 Å². The highest BCUT2D eigenvalue weighted by atomic mass is 15.0. The number of rotatable bonds is 3. The van der Waals surface area contributed by atoms with Crippen molar-refractivity contribution >= 4 is 0 Å². The van der Waals surface area contributed by atoms with E-state index in [9.17, 15) is 5.26 Å². The fourth-order valence-electron chi connectivity index (χ4n) is 2.53. The minimum Gasteiger partial charge on any atom is -0.401 e. The van der Waals surface area contributed by atoms with Crippen molar-refractivity contribution in [1.29, 1.82) is 5.26 Å². The molecule has 0 aromatic heterocycles. The van der Waals surface area contributed by atoms with Crippen molar-refractivity contribution < 1.29 is 0 Å². The molecular formula is C16H24N4. The first kappa shape index (κ1) is 16.1. The van der Waals surface area contributed by atoms with Gasteiger partial charge in [-0.1, -0.05) is 34.6 Å². The van der Waals surface area contributed by atoms with Crippen LogP contribution in [0.3, 0.4) is 0 Å². The zero-order valence-electron chi connectivity index (χ0n) is 13.0. The van der Waals surface area contributed by atoms with Crippen molar-refractivity contribution in [1.82, 2.24) is 5.32 Å². The monoisotopic (exact) mass is 272 g/mol. The van der Waals surface area contributed by atoms with Crippen LogP contribution in [0.15, 0.2) is 22.7 Å². The normalized spacial score (nSPS) is 24.1. The summed E-state index contributed by atoms with van der Waals surface area (Å²) in [7, 11) is 0. The highest BCUT2D eigenvalue weighted by Crippen LogP contribution is 2.32. The molecule has 2 atom stereocenters. The van der Waals surface area contributed by atoms with E-state index in [1.54, 1.807) is 0 Å². The molecule has 0 aromatic carbocycles. The minimum atomic E-state index is -0.0831. The molecule has 0 saturated heterocycles. The van der Waals surface area contributed by atoms with Crippen LogP contribution in [0.25, 0.3) is 4.85 Å². The Hall–Kier alpha value is -1.94. The van der Waals surface area contributed by atoms with Gasteiger partial charge < -0.3 is 11.1 Å². The van der Waals surface area contributed by atoms with E-state index >= 15 is 0 Å². The van der Waals surface area contributed by atoms with Gasteiger partial charge in [0.05, 0.1) is 24.3 Å². The molecule has 0 aromatic rings. The highest BCUT2D eigenvalue weighted by Gasteiger charge is 2.31. The molecule has 0 fully saturated rings. The molecule has 1 aliphatic rings. The second-order valence-electron chi connectivity index (χ2n) is 6.03. The summed E-state index contributed by atoms with van der Waals surface area (Å²) in [5.41, 5.74) is 9.08. The van der Waals surface area contributed by atoms with Gasteiger partial charge in [-0.2, -0.15) is 5.26 Å². The molecule has 1 heterocycles. The van der Waals surface area contributed by atoms with Crippen LogP contribution in [-0.4, -0.2) is 6.04 Å². The SMILES string of the molecule is [C-]#[N+]C1=C(C(C)C)NC(/C(C#N)=C(\N)C(C)C)CC1C. The third-order valence-electron chi connectivity index (χ3n) is 3.76. The lowest BCUT2D eigenvalue weighted by molar-refractivity contribution is 0.437. The molecule has 4 heteroatoms. The summed E-state index contributed by atoms with van der Waals surface area (Å²) in [6, 6.07) is 2.17. The lowest BCUT2D eigenvalue weighted by atomic mass is 9.85. The largest absolute Gasteiger partial charge is 0.401 e. The molecular weight excluding hydrogens is 248 g/mol. The van der Waals surface area contributed by atoms with E-state index in [1.807, 2.05) is 20.8 Å². The first-order valence-corrected chi connectivity index (χ1v) is 7.11. The van der Waals surface area contributed by atoms with Crippen molar-refractivity contribution in [3.8, 4) is 6.07 Å². The van der Waals surface area contributed by atoms with E-state index in [2.05, 4.69) is 30.1 Å². The Morgan fingerprint density at radius 3 is 2.45 bits per heavy atom. The quantitative estimate of drug-likeness (QED) is 0.612. The van der Waals surface area contributed by atoms with E-state index in [0.717, 1.165) is 17.8 Å². The van der Waals surface area contributed by atoms with Gasteiger partial charge >= 0.3 is 0 Å². The predicted octanol–water partition coefficient (Wildman–Crippen LogP) is 3.16. The molecule has 1 rings (SSSR count). The van der Waals surface area contributed by atoms with Gasteiger partial charge in [-0.15, -0.1) is 0 Å². The summed E-state index contributed by atoms with van der Waals surface area (Å²) in [4.78, 5) is 3.67. The Morgan fingerprint density at radius 2 is 2.05 bits per heavy atom.